The van der Waals surface area contributed by atoms with Gasteiger partial charge in [-0.15, -0.1) is 0 Å². The minimum Gasteiger partial charge on any atom is -0.460 e. The first kappa shape index (κ1) is 21.5. The van der Waals surface area contributed by atoms with Crippen molar-refractivity contribution < 1.29 is 14.3 Å². The lowest BCUT2D eigenvalue weighted by atomic mass is 9.70. The highest BCUT2D eigenvalue weighted by molar-refractivity contribution is 5.96. The van der Waals surface area contributed by atoms with Crippen LogP contribution in [0.5, 0.6) is 0 Å². The molecule has 2 aliphatic rings. The third-order valence-corrected chi connectivity index (χ3v) is 5.67. The van der Waals surface area contributed by atoms with Crippen LogP contribution in [0.1, 0.15) is 57.8 Å². The average Bonchev–Trinajstić information content (AvgIpc) is 3.04. The Labute approximate surface area is 172 Å². The summed E-state index contributed by atoms with van der Waals surface area (Å²) < 4.78 is 5.53. The fourth-order valence-corrected chi connectivity index (χ4v) is 4.52. The molecular weight excluding hydrogens is 368 g/mol. The zero-order chi connectivity index (χ0) is 21.2. The first-order valence-corrected chi connectivity index (χ1v) is 10.4. The first-order valence-electron chi connectivity index (χ1n) is 10.4. The van der Waals surface area contributed by atoms with Crippen molar-refractivity contribution in [1.82, 2.24) is 20.7 Å². The smallest absolute Gasteiger partial charge is 0.337 e. The number of hydrogen-bond acceptors (Lipinski definition) is 6. The van der Waals surface area contributed by atoms with E-state index in [9.17, 15) is 9.59 Å². The number of hydrazine groups is 1. The molecule has 2 N–H and O–H groups in total. The van der Waals surface area contributed by atoms with Crippen molar-refractivity contribution >= 4 is 11.9 Å². The van der Waals surface area contributed by atoms with E-state index in [1.807, 2.05) is 13.8 Å². The molecule has 0 aliphatic carbocycles. The summed E-state index contributed by atoms with van der Waals surface area (Å²) in [5.74, 6) is -0.413. The molecule has 1 aromatic heterocycles. The number of rotatable bonds is 5. The van der Waals surface area contributed by atoms with E-state index in [4.69, 9.17) is 4.74 Å². The van der Waals surface area contributed by atoms with Crippen molar-refractivity contribution in [3.63, 3.8) is 0 Å². The summed E-state index contributed by atoms with van der Waals surface area (Å²) >= 11 is 0. The molecule has 3 atom stereocenters. The number of carbonyl (C=O) groups excluding carboxylic acids is 2. The van der Waals surface area contributed by atoms with Crippen LogP contribution in [0.15, 0.2) is 36.3 Å². The SMILES string of the molecule is CCCC1NNC2C(C(=O)OC(C)C)=CN(C(=O)c3cccnc3)CC(C)(C)C12. The number of fused-ring (bicyclic) bond motifs is 1. The van der Waals surface area contributed by atoms with Crippen LogP contribution in [0.2, 0.25) is 0 Å². The summed E-state index contributed by atoms with van der Waals surface area (Å²) in [4.78, 5) is 31.9. The zero-order valence-electron chi connectivity index (χ0n) is 17.9. The van der Waals surface area contributed by atoms with Gasteiger partial charge in [0, 0.05) is 37.1 Å². The van der Waals surface area contributed by atoms with Gasteiger partial charge in [-0.05, 0) is 37.8 Å². The second kappa shape index (κ2) is 8.63. The molecule has 1 aromatic rings. The zero-order valence-corrected chi connectivity index (χ0v) is 17.9. The number of nitrogens with one attached hydrogen (secondary N) is 2. The summed E-state index contributed by atoms with van der Waals surface area (Å²) in [6, 6.07) is 3.47. The van der Waals surface area contributed by atoms with Crippen LogP contribution in [0.4, 0.5) is 0 Å². The minimum atomic E-state index is -0.386. The molecule has 3 unspecified atom stereocenters. The summed E-state index contributed by atoms with van der Waals surface area (Å²) in [7, 11) is 0. The number of carbonyl (C=O) groups is 2. The highest BCUT2D eigenvalue weighted by Crippen LogP contribution is 2.42. The van der Waals surface area contributed by atoms with Gasteiger partial charge in [0.15, 0.2) is 0 Å². The van der Waals surface area contributed by atoms with E-state index in [0.29, 0.717) is 17.7 Å². The standard InChI is InChI=1S/C22H32N4O3/c1-6-8-17-18-19(25-24-17)16(21(28)29-14(2)3)12-26(13-22(18,4)5)20(27)15-9-7-10-23-11-15/h7,9-12,14,17-19,24-25H,6,8,13H2,1-5H3. The molecule has 1 fully saturated rings. The Morgan fingerprint density at radius 3 is 2.72 bits per heavy atom. The quantitative estimate of drug-likeness (QED) is 0.740. The first-order chi connectivity index (χ1) is 13.7. The van der Waals surface area contributed by atoms with Crippen molar-refractivity contribution in [2.75, 3.05) is 6.54 Å². The third-order valence-electron chi connectivity index (χ3n) is 5.67. The number of amides is 1. The van der Waals surface area contributed by atoms with Gasteiger partial charge in [-0.3, -0.25) is 15.2 Å². The number of ether oxygens (including phenoxy) is 1. The number of aromatic nitrogens is 1. The van der Waals surface area contributed by atoms with Gasteiger partial charge >= 0.3 is 5.97 Å². The molecule has 3 heterocycles. The van der Waals surface area contributed by atoms with E-state index in [1.54, 1.807) is 35.6 Å². The maximum Gasteiger partial charge on any atom is 0.337 e. The molecule has 0 saturated carbocycles. The largest absolute Gasteiger partial charge is 0.460 e. The Hall–Kier alpha value is -2.25. The predicted molar refractivity (Wildman–Crippen MR) is 111 cm³/mol. The van der Waals surface area contributed by atoms with Gasteiger partial charge in [0.1, 0.15) is 0 Å². The van der Waals surface area contributed by atoms with E-state index < -0.39 is 0 Å². The molecule has 158 valence electrons. The van der Waals surface area contributed by atoms with Crippen LogP contribution in [-0.4, -0.2) is 46.5 Å². The van der Waals surface area contributed by atoms with Crippen molar-refractivity contribution in [3.05, 3.63) is 41.9 Å². The van der Waals surface area contributed by atoms with Crippen LogP contribution in [0, 0.1) is 11.3 Å². The van der Waals surface area contributed by atoms with Crippen molar-refractivity contribution in [1.29, 1.82) is 0 Å². The lowest BCUT2D eigenvalue weighted by molar-refractivity contribution is -0.143. The predicted octanol–water partition coefficient (Wildman–Crippen LogP) is 2.66. The molecule has 29 heavy (non-hydrogen) atoms. The van der Waals surface area contributed by atoms with Gasteiger partial charge < -0.3 is 9.64 Å². The lowest BCUT2D eigenvalue weighted by Gasteiger charge is -2.38. The molecule has 0 bridgehead atoms. The van der Waals surface area contributed by atoms with Crippen LogP contribution < -0.4 is 10.9 Å². The summed E-state index contributed by atoms with van der Waals surface area (Å²) in [6.07, 6.45) is 6.66. The van der Waals surface area contributed by atoms with Gasteiger partial charge in [0.2, 0.25) is 0 Å². The Bertz CT molecular complexity index is 776. The molecule has 1 amide bonds. The van der Waals surface area contributed by atoms with Crippen molar-refractivity contribution in [3.8, 4) is 0 Å². The fraction of sp³-hybridized carbons (Fsp3) is 0.591. The van der Waals surface area contributed by atoms with Gasteiger partial charge in [0.05, 0.1) is 23.3 Å². The maximum atomic E-state index is 13.2. The lowest BCUT2D eigenvalue weighted by Crippen LogP contribution is -2.45. The molecule has 7 nitrogen and oxygen atoms in total. The summed E-state index contributed by atoms with van der Waals surface area (Å²) in [5.41, 5.74) is 7.46. The average molecular weight is 401 g/mol. The third kappa shape index (κ3) is 4.51. The van der Waals surface area contributed by atoms with E-state index >= 15 is 0 Å². The topological polar surface area (TPSA) is 83.6 Å². The molecular formula is C22H32N4O3. The monoisotopic (exact) mass is 400 g/mol. The van der Waals surface area contributed by atoms with Crippen LogP contribution >= 0.6 is 0 Å². The number of hydrogen-bond donors (Lipinski definition) is 2. The second-order valence-electron chi connectivity index (χ2n) is 8.89. The van der Waals surface area contributed by atoms with Gasteiger partial charge in [-0.1, -0.05) is 27.2 Å². The highest BCUT2D eigenvalue weighted by atomic mass is 16.5. The molecule has 0 radical (unpaired) electrons. The van der Waals surface area contributed by atoms with Crippen molar-refractivity contribution in [2.45, 2.75) is 65.6 Å². The fourth-order valence-electron chi connectivity index (χ4n) is 4.52. The molecule has 2 aliphatic heterocycles. The Morgan fingerprint density at radius 2 is 2.10 bits per heavy atom. The Morgan fingerprint density at radius 1 is 1.34 bits per heavy atom. The molecule has 1 saturated heterocycles. The van der Waals surface area contributed by atoms with E-state index in [1.165, 1.54) is 0 Å². The van der Waals surface area contributed by atoms with Crippen LogP contribution in [-0.2, 0) is 9.53 Å². The maximum absolute atomic E-state index is 13.2. The Balaban J connectivity index is 2.02. The molecule has 3 rings (SSSR count). The van der Waals surface area contributed by atoms with E-state index in [-0.39, 0.29) is 41.4 Å². The number of esters is 1. The van der Waals surface area contributed by atoms with E-state index in [2.05, 4.69) is 36.6 Å². The van der Waals surface area contributed by atoms with Gasteiger partial charge in [-0.2, -0.15) is 0 Å². The van der Waals surface area contributed by atoms with Crippen LogP contribution in [0.3, 0.4) is 0 Å². The molecule has 0 spiro atoms. The van der Waals surface area contributed by atoms with Gasteiger partial charge in [-0.25, -0.2) is 10.2 Å². The molecule has 0 aromatic carbocycles. The minimum absolute atomic E-state index is 0.139. The number of pyridine rings is 1. The second-order valence-corrected chi connectivity index (χ2v) is 8.89. The van der Waals surface area contributed by atoms with E-state index in [0.717, 1.165) is 12.8 Å². The van der Waals surface area contributed by atoms with Crippen molar-refractivity contribution in [2.24, 2.45) is 11.3 Å². The highest BCUT2D eigenvalue weighted by Gasteiger charge is 2.50. The number of nitrogens with zero attached hydrogens (tertiary/aromatic N) is 2. The van der Waals surface area contributed by atoms with Crippen LogP contribution in [0.25, 0.3) is 0 Å². The van der Waals surface area contributed by atoms with Gasteiger partial charge in [0.25, 0.3) is 5.91 Å². The Kier molecular flexibility index (Phi) is 6.39. The summed E-state index contributed by atoms with van der Waals surface area (Å²) in [6.45, 7) is 10.6. The summed E-state index contributed by atoms with van der Waals surface area (Å²) in [5, 5.41) is 0. The molecule has 7 heteroatoms. The normalized spacial score (nSPS) is 25.9.